The summed E-state index contributed by atoms with van der Waals surface area (Å²) < 4.78 is 15.4. The van der Waals surface area contributed by atoms with Gasteiger partial charge in [-0.1, -0.05) is 103 Å². The zero-order valence-corrected chi connectivity index (χ0v) is 26.9. The first-order chi connectivity index (χ1) is 24.8. The Balaban J connectivity index is 1.30. The number of anilines is 3. The maximum Gasteiger partial charge on any atom is 0.143 e. The van der Waals surface area contributed by atoms with Crippen LogP contribution in [0.5, 0.6) is 0 Å². The van der Waals surface area contributed by atoms with Crippen LogP contribution in [0.15, 0.2) is 179 Å². The van der Waals surface area contributed by atoms with Crippen molar-refractivity contribution in [1.82, 2.24) is 4.57 Å². The normalized spacial score (nSPS) is 12.0. The number of para-hydroxylation sites is 4. The molecule has 0 N–H and O–H groups in total. The SMILES string of the molecule is c1ccc(-n2c3ccccc3c3c(N(c4cccc5c4ccc4c6ccccc6oc54)c4cccc5oc6ccccc6c45)cccc32)cc1. The van der Waals surface area contributed by atoms with E-state index in [-0.39, 0.29) is 0 Å². The molecule has 234 valence electrons. The van der Waals surface area contributed by atoms with Crippen LogP contribution in [0.3, 0.4) is 0 Å². The fourth-order valence-electron chi connectivity index (χ4n) is 8.09. The lowest BCUT2D eigenvalue weighted by atomic mass is 10.0. The molecule has 0 spiro atoms. The number of rotatable bonds is 4. The van der Waals surface area contributed by atoms with Crippen LogP contribution < -0.4 is 4.90 Å². The Morgan fingerprint density at radius 1 is 0.340 bits per heavy atom. The van der Waals surface area contributed by atoms with Gasteiger partial charge in [0.05, 0.1) is 33.5 Å². The van der Waals surface area contributed by atoms with Crippen LogP contribution in [0.4, 0.5) is 17.1 Å². The van der Waals surface area contributed by atoms with Crippen molar-refractivity contribution in [3.63, 3.8) is 0 Å². The van der Waals surface area contributed by atoms with E-state index in [4.69, 9.17) is 8.83 Å². The summed E-state index contributed by atoms with van der Waals surface area (Å²) in [6.07, 6.45) is 0. The molecular formula is C46H28N2O2. The van der Waals surface area contributed by atoms with Crippen LogP contribution in [0, 0.1) is 0 Å². The van der Waals surface area contributed by atoms with E-state index in [0.29, 0.717) is 0 Å². The van der Waals surface area contributed by atoms with Crippen molar-refractivity contribution < 1.29 is 8.83 Å². The molecule has 4 nitrogen and oxygen atoms in total. The van der Waals surface area contributed by atoms with Crippen LogP contribution in [0.2, 0.25) is 0 Å². The molecule has 0 unspecified atom stereocenters. The highest BCUT2D eigenvalue weighted by molar-refractivity contribution is 6.22. The molecule has 0 aliphatic carbocycles. The van der Waals surface area contributed by atoms with E-state index in [2.05, 4.69) is 155 Å². The monoisotopic (exact) mass is 640 g/mol. The van der Waals surface area contributed by atoms with Crippen molar-refractivity contribution in [2.45, 2.75) is 0 Å². The van der Waals surface area contributed by atoms with Crippen LogP contribution >= 0.6 is 0 Å². The minimum atomic E-state index is 0.854. The minimum absolute atomic E-state index is 0.854. The van der Waals surface area contributed by atoms with Gasteiger partial charge in [0.25, 0.3) is 0 Å². The van der Waals surface area contributed by atoms with Gasteiger partial charge in [0.15, 0.2) is 0 Å². The van der Waals surface area contributed by atoms with E-state index in [1.807, 2.05) is 24.3 Å². The molecule has 0 amide bonds. The molecule has 0 aliphatic rings. The molecule has 0 saturated carbocycles. The van der Waals surface area contributed by atoms with Crippen molar-refractivity contribution >= 4 is 93.5 Å². The summed E-state index contributed by atoms with van der Waals surface area (Å²) in [5, 5.41) is 8.95. The Kier molecular flexibility index (Phi) is 5.63. The van der Waals surface area contributed by atoms with E-state index in [1.54, 1.807) is 0 Å². The van der Waals surface area contributed by atoms with Crippen LogP contribution in [0.1, 0.15) is 0 Å². The zero-order valence-electron chi connectivity index (χ0n) is 26.9. The van der Waals surface area contributed by atoms with Crippen LogP contribution in [-0.2, 0) is 0 Å². The number of benzene rings is 8. The molecule has 3 aromatic heterocycles. The summed E-state index contributed by atoms with van der Waals surface area (Å²) in [6, 6.07) is 60.0. The second kappa shape index (κ2) is 10.4. The molecule has 0 radical (unpaired) electrons. The molecule has 11 aromatic rings. The van der Waals surface area contributed by atoms with Gasteiger partial charge in [0.2, 0.25) is 0 Å². The predicted octanol–water partition coefficient (Wildman–Crippen LogP) is 13.2. The summed E-state index contributed by atoms with van der Waals surface area (Å²) in [5.74, 6) is 0. The summed E-state index contributed by atoms with van der Waals surface area (Å²) in [5.41, 5.74) is 10.1. The van der Waals surface area contributed by atoms with E-state index < -0.39 is 0 Å². The van der Waals surface area contributed by atoms with E-state index in [1.165, 1.54) is 10.8 Å². The largest absolute Gasteiger partial charge is 0.456 e. The topological polar surface area (TPSA) is 34.5 Å². The molecule has 4 heteroatoms. The quantitative estimate of drug-likeness (QED) is 0.192. The number of hydrogen-bond donors (Lipinski definition) is 0. The van der Waals surface area contributed by atoms with Gasteiger partial charge < -0.3 is 18.3 Å². The average molecular weight is 641 g/mol. The smallest absolute Gasteiger partial charge is 0.143 e. The Morgan fingerprint density at radius 3 is 1.76 bits per heavy atom. The van der Waals surface area contributed by atoms with Gasteiger partial charge in [0, 0.05) is 43.4 Å². The lowest BCUT2D eigenvalue weighted by molar-refractivity contribution is 0.669. The van der Waals surface area contributed by atoms with Gasteiger partial charge in [-0.05, 0) is 66.7 Å². The standard InChI is InChI=1S/C46H28N2O2/c1-2-13-29(14-3-1)47-37-19-7-4-16-34(37)44-38(47)21-11-22-39(44)48(40-23-12-26-43-45(40)35-17-6-9-25-42(35)49-43)36-20-10-18-32-30(36)27-28-33-31-15-5-8-24-41(31)50-46(32)33/h1-28H. The maximum absolute atomic E-state index is 6.57. The van der Waals surface area contributed by atoms with Crippen molar-refractivity contribution in [3.8, 4) is 5.69 Å². The fraction of sp³-hybridized carbons (Fsp3) is 0. The molecule has 50 heavy (non-hydrogen) atoms. The van der Waals surface area contributed by atoms with Gasteiger partial charge in [0.1, 0.15) is 22.3 Å². The van der Waals surface area contributed by atoms with Crippen molar-refractivity contribution in [1.29, 1.82) is 0 Å². The third-order valence-electron chi connectivity index (χ3n) is 10.2. The summed E-state index contributed by atoms with van der Waals surface area (Å²) in [7, 11) is 0. The van der Waals surface area contributed by atoms with E-state index >= 15 is 0 Å². The van der Waals surface area contributed by atoms with E-state index in [0.717, 1.165) is 88.4 Å². The van der Waals surface area contributed by atoms with E-state index in [9.17, 15) is 0 Å². The molecule has 0 bridgehead atoms. The Morgan fingerprint density at radius 2 is 0.900 bits per heavy atom. The minimum Gasteiger partial charge on any atom is -0.456 e. The van der Waals surface area contributed by atoms with Crippen molar-refractivity contribution in [2.24, 2.45) is 0 Å². The third-order valence-corrected chi connectivity index (χ3v) is 10.2. The molecule has 0 aliphatic heterocycles. The van der Waals surface area contributed by atoms with Gasteiger partial charge in [-0.2, -0.15) is 0 Å². The first-order valence-corrected chi connectivity index (χ1v) is 16.9. The summed E-state index contributed by atoms with van der Waals surface area (Å²) in [6.45, 7) is 0. The van der Waals surface area contributed by atoms with Gasteiger partial charge in [-0.3, -0.25) is 0 Å². The molecule has 0 saturated heterocycles. The number of hydrogen-bond acceptors (Lipinski definition) is 3. The zero-order chi connectivity index (χ0) is 32.8. The fourth-order valence-corrected chi connectivity index (χ4v) is 8.09. The van der Waals surface area contributed by atoms with Crippen LogP contribution in [-0.4, -0.2) is 4.57 Å². The first kappa shape index (κ1) is 27.2. The average Bonchev–Trinajstić information content (AvgIpc) is 3.86. The maximum atomic E-state index is 6.57. The molecule has 8 aromatic carbocycles. The first-order valence-electron chi connectivity index (χ1n) is 16.9. The van der Waals surface area contributed by atoms with Gasteiger partial charge >= 0.3 is 0 Å². The van der Waals surface area contributed by atoms with Crippen molar-refractivity contribution in [3.05, 3.63) is 170 Å². The van der Waals surface area contributed by atoms with Crippen LogP contribution in [0.25, 0.3) is 82.1 Å². The Bertz CT molecular complexity index is 3110. The predicted molar refractivity (Wildman–Crippen MR) is 208 cm³/mol. The number of furan rings is 2. The number of aromatic nitrogens is 1. The highest BCUT2D eigenvalue weighted by atomic mass is 16.3. The lowest BCUT2D eigenvalue weighted by Crippen LogP contribution is -2.11. The summed E-state index contributed by atoms with van der Waals surface area (Å²) in [4.78, 5) is 2.44. The van der Waals surface area contributed by atoms with Crippen molar-refractivity contribution in [2.75, 3.05) is 4.90 Å². The highest BCUT2D eigenvalue weighted by Crippen LogP contribution is 2.49. The highest BCUT2D eigenvalue weighted by Gasteiger charge is 2.25. The Hall–Kier alpha value is -6.78. The lowest BCUT2D eigenvalue weighted by Gasteiger charge is -2.28. The second-order valence-corrected chi connectivity index (χ2v) is 12.9. The van der Waals surface area contributed by atoms with Gasteiger partial charge in [-0.15, -0.1) is 0 Å². The molecule has 0 atom stereocenters. The third kappa shape index (κ3) is 3.76. The number of fused-ring (bicyclic) bond motifs is 11. The molecule has 11 rings (SSSR count). The second-order valence-electron chi connectivity index (χ2n) is 12.9. The number of nitrogens with zero attached hydrogens (tertiary/aromatic N) is 2. The summed E-state index contributed by atoms with van der Waals surface area (Å²) >= 11 is 0. The molecular weight excluding hydrogens is 613 g/mol. The van der Waals surface area contributed by atoms with Gasteiger partial charge in [-0.25, -0.2) is 0 Å². The Labute approximate surface area is 286 Å². The molecule has 3 heterocycles. The molecule has 0 fully saturated rings.